The Hall–Kier alpha value is -0.650. The van der Waals surface area contributed by atoms with Gasteiger partial charge in [-0.15, -0.1) is 0 Å². The molecule has 0 aliphatic carbocycles. The fourth-order valence-electron chi connectivity index (χ4n) is 2.00. The van der Waals surface area contributed by atoms with Crippen LogP contribution in [0.4, 0.5) is 0 Å². The average Bonchev–Trinajstić information content (AvgIpc) is 2.47. The molecular formula is C16H14Br3NO. The molecule has 0 aromatic heterocycles. The van der Waals surface area contributed by atoms with Gasteiger partial charge in [-0.2, -0.15) is 0 Å². The van der Waals surface area contributed by atoms with Crippen LogP contribution in [-0.2, 0) is 5.54 Å². The second-order valence-corrected chi connectivity index (χ2v) is 7.34. The van der Waals surface area contributed by atoms with Crippen molar-refractivity contribution in [2.75, 3.05) is 5.33 Å². The maximum absolute atomic E-state index is 12.5. The molecule has 1 amide bonds. The fourth-order valence-corrected chi connectivity index (χ4v) is 3.75. The molecule has 1 N–H and O–H groups in total. The molecule has 2 nitrogen and oxygen atoms in total. The molecule has 110 valence electrons. The highest BCUT2D eigenvalue weighted by molar-refractivity contribution is 9.11. The monoisotopic (exact) mass is 473 g/mol. The van der Waals surface area contributed by atoms with E-state index in [1.807, 2.05) is 43.3 Å². The summed E-state index contributed by atoms with van der Waals surface area (Å²) in [6.07, 6.45) is 0. The fraction of sp³-hybridized carbons (Fsp3) is 0.188. The Morgan fingerprint density at radius 3 is 2.19 bits per heavy atom. The van der Waals surface area contributed by atoms with Gasteiger partial charge in [0.1, 0.15) is 0 Å². The van der Waals surface area contributed by atoms with Crippen LogP contribution in [0.25, 0.3) is 0 Å². The smallest absolute Gasteiger partial charge is 0.252 e. The largest absolute Gasteiger partial charge is 0.342 e. The first kappa shape index (κ1) is 16.7. The zero-order valence-electron chi connectivity index (χ0n) is 11.4. The average molecular weight is 476 g/mol. The van der Waals surface area contributed by atoms with E-state index in [-0.39, 0.29) is 5.91 Å². The Morgan fingerprint density at radius 1 is 1.10 bits per heavy atom. The van der Waals surface area contributed by atoms with Gasteiger partial charge in [0.2, 0.25) is 0 Å². The lowest BCUT2D eigenvalue weighted by Crippen LogP contribution is -2.44. The molecular weight excluding hydrogens is 462 g/mol. The molecule has 0 radical (unpaired) electrons. The lowest BCUT2D eigenvalue weighted by molar-refractivity contribution is 0.0914. The quantitative estimate of drug-likeness (QED) is 0.601. The van der Waals surface area contributed by atoms with Crippen molar-refractivity contribution in [2.45, 2.75) is 12.5 Å². The first-order valence-corrected chi connectivity index (χ1v) is 9.05. The zero-order chi connectivity index (χ0) is 15.5. The van der Waals surface area contributed by atoms with Crippen LogP contribution in [0, 0.1) is 0 Å². The highest BCUT2D eigenvalue weighted by Gasteiger charge is 2.27. The molecule has 0 spiro atoms. The summed E-state index contributed by atoms with van der Waals surface area (Å²) in [5, 5.41) is 3.73. The van der Waals surface area contributed by atoms with Crippen LogP contribution in [0.1, 0.15) is 22.8 Å². The van der Waals surface area contributed by atoms with E-state index in [0.717, 1.165) is 14.5 Å². The standard InChI is InChI=1S/C16H14Br3NO/c1-16(10-17,12-5-3-2-4-6-12)20-15(21)11-7-13(18)9-14(19)8-11/h2-9H,10H2,1H3,(H,20,21). The third kappa shape index (κ3) is 4.18. The number of rotatable bonds is 4. The van der Waals surface area contributed by atoms with Gasteiger partial charge < -0.3 is 5.32 Å². The van der Waals surface area contributed by atoms with E-state index >= 15 is 0 Å². The van der Waals surface area contributed by atoms with Gasteiger partial charge in [-0.1, -0.05) is 78.1 Å². The van der Waals surface area contributed by atoms with Gasteiger partial charge in [0.25, 0.3) is 5.91 Å². The van der Waals surface area contributed by atoms with Crippen molar-refractivity contribution in [3.8, 4) is 0 Å². The van der Waals surface area contributed by atoms with E-state index in [1.54, 1.807) is 12.1 Å². The summed E-state index contributed by atoms with van der Waals surface area (Å²) in [6.45, 7) is 2.00. The normalized spacial score (nSPS) is 13.5. The molecule has 2 rings (SSSR count). The van der Waals surface area contributed by atoms with Crippen LogP contribution in [0.2, 0.25) is 0 Å². The summed E-state index contributed by atoms with van der Waals surface area (Å²) < 4.78 is 1.73. The van der Waals surface area contributed by atoms with E-state index in [1.165, 1.54) is 0 Å². The third-order valence-corrected chi connectivity index (χ3v) is 5.23. The van der Waals surface area contributed by atoms with E-state index in [2.05, 4.69) is 53.1 Å². The van der Waals surface area contributed by atoms with E-state index in [4.69, 9.17) is 0 Å². The molecule has 0 fully saturated rings. The minimum Gasteiger partial charge on any atom is -0.342 e. The summed E-state index contributed by atoms with van der Waals surface area (Å²) >= 11 is 10.3. The van der Waals surface area contributed by atoms with Crippen molar-refractivity contribution in [1.29, 1.82) is 0 Å². The first-order valence-electron chi connectivity index (χ1n) is 6.35. The second-order valence-electron chi connectivity index (χ2n) is 4.94. The zero-order valence-corrected chi connectivity index (χ0v) is 16.1. The highest BCUT2D eigenvalue weighted by Crippen LogP contribution is 2.25. The van der Waals surface area contributed by atoms with Crippen molar-refractivity contribution in [2.24, 2.45) is 0 Å². The number of carbonyl (C=O) groups is 1. The molecule has 0 aliphatic rings. The van der Waals surface area contributed by atoms with Crippen molar-refractivity contribution in [3.63, 3.8) is 0 Å². The Labute approximate surface area is 149 Å². The Kier molecular flexibility index (Phi) is 5.63. The summed E-state index contributed by atoms with van der Waals surface area (Å²) in [7, 11) is 0. The summed E-state index contributed by atoms with van der Waals surface area (Å²) in [5.74, 6) is -0.109. The Balaban J connectivity index is 2.28. The van der Waals surface area contributed by atoms with E-state index in [9.17, 15) is 4.79 Å². The van der Waals surface area contributed by atoms with E-state index < -0.39 is 5.54 Å². The molecule has 2 aromatic rings. The van der Waals surface area contributed by atoms with Crippen LogP contribution >= 0.6 is 47.8 Å². The van der Waals surface area contributed by atoms with Crippen LogP contribution in [0.15, 0.2) is 57.5 Å². The number of amides is 1. The van der Waals surface area contributed by atoms with Gasteiger partial charge in [0.05, 0.1) is 5.54 Å². The maximum atomic E-state index is 12.5. The van der Waals surface area contributed by atoms with Crippen molar-refractivity contribution < 1.29 is 4.79 Å². The molecule has 0 saturated heterocycles. The maximum Gasteiger partial charge on any atom is 0.252 e. The number of carbonyl (C=O) groups excluding carboxylic acids is 1. The molecule has 1 unspecified atom stereocenters. The van der Waals surface area contributed by atoms with Crippen molar-refractivity contribution >= 4 is 53.7 Å². The summed E-state index contributed by atoms with van der Waals surface area (Å²) in [6, 6.07) is 15.4. The number of hydrogen-bond acceptors (Lipinski definition) is 1. The Bertz CT molecular complexity index is 625. The minimum atomic E-state index is -0.465. The predicted molar refractivity (Wildman–Crippen MR) is 96.9 cm³/mol. The summed E-state index contributed by atoms with van der Waals surface area (Å²) in [4.78, 5) is 12.5. The molecule has 0 bridgehead atoms. The molecule has 0 saturated carbocycles. The van der Waals surface area contributed by atoms with Crippen LogP contribution in [0.3, 0.4) is 0 Å². The second kappa shape index (κ2) is 7.07. The SMILES string of the molecule is CC(CBr)(NC(=O)c1cc(Br)cc(Br)c1)c1ccccc1. The van der Waals surface area contributed by atoms with Gasteiger partial charge in [-0.3, -0.25) is 4.79 Å². The topological polar surface area (TPSA) is 29.1 Å². The number of benzene rings is 2. The molecule has 5 heteroatoms. The van der Waals surface area contributed by atoms with Crippen molar-refractivity contribution in [3.05, 3.63) is 68.6 Å². The third-order valence-electron chi connectivity index (χ3n) is 3.19. The number of hydrogen-bond donors (Lipinski definition) is 1. The molecule has 0 aliphatic heterocycles. The molecule has 0 heterocycles. The van der Waals surface area contributed by atoms with Gasteiger partial charge in [0, 0.05) is 19.8 Å². The van der Waals surface area contributed by atoms with Crippen LogP contribution in [-0.4, -0.2) is 11.2 Å². The van der Waals surface area contributed by atoms with Gasteiger partial charge in [0.15, 0.2) is 0 Å². The van der Waals surface area contributed by atoms with Crippen molar-refractivity contribution in [1.82, 2.24) is 5.32 Å². The first-order chi connectivity index (χ1) is 9.94. The molecule has 2 aromatic carbocycles. The highest BCUT2D eigenvalue weighted by atomic mass is 79.9. The predicted octanol–water partition coefficient (Wildman–Crippen LogP) is 5.25. The lowest BCUT2D eigenvalue weighted by Gasteiger charge is -2.29. The van der Waals surface area contributed by atoms with Gasteiger partial charge in [-0.05, 0) is 30.7 Å². The number of halogens is 3. The van der Waals surface area contributed by atoms with Gasteiger partial charge >= 0.3 is 0 Å². The number of alkyl halides is 1. The van der Waals surface area contributed by atoms with Crippen LogP contribution < -0.4 is 5.32 Å². The number of nitrogens with one attached hydrogen (secondary N) is 1. The Morgan fingerprint density at radius 2 is 1.67 bits per heavy atom. The molecule has 1 atom stereocenters. The van der Waals surface area contributed by atoms with E-state index in [0.29, 0.717) is 10.9 Å². The lowest BCUT2D eigenvalue weighted by atomic mass is 9.94. The minimum absolute atomic E-state index is 0.109. The van der Waals surface area contributed by atoms with Gasteiger partial charge in [-0.25, -0.2) is 0 Å². The molecule has 21 heavy (non-hydrogen) atoms. The summed E-state index contributed by atoms with van der Waals surface area (Å²) in [5.41, 5.74) is 1.20. The van der Waals surface area contributed by atoms with Crippen LogP contribution in [0.5, 0.6) is 0 Å².